The summed E-state index contributed by atoms with van der Waals surface area (Å²) in [6, 6.07) is 16.0. The van der Waals surface area contributed by atoms with E-state index in [9.17, 15) is 0 Å². The molecule has 0 heterocycles. The van der Waals surface area contributed by atoms with E-state index in [4.69, 9.17) is 0 Å². The normalized spacial score (nSPS) is 22.7. The summed E-state index contributed by atoms with van der Waals surface area (Å²) in [6.45, 7) is 28.6. The van der Waals surface area contributed by atoms with Gasteiger partial charge in [0.25, 0.3) is 0 Å². The molecule has 2 aromatic carbocycles. The summed E-state index contributed by atoms with van der Waals surface area (Å²) in [5, 5.41) is 0. The van der Waals surface area contributed by atoms with Gasteiger partial charge in [-0.15, -0.1) is 0 Å². The lowest BCUT2D eigenvalue weighted by Gasteiger charge is -2.47. The van der Waals surface area contributed by atoms with Crippen molar-refractivity contribution in [3.8, 4) is 0 Å². The van der Waals surface area contributed by atoms with Crippen molar-refractivity contribution >= 4 is 0 Å². The minimum Gasteiger partial charge on any atom is -0.0620 e. The molecule has 0 saturated heterocycles. The minimum atomic E-state index is 0.278. The first-order valence-corrected chi connectivity index (χ1v) is 14.6. The Balaban J connectivity index is 0.000000201. The van der Waals surface area contributed by atoms with Crippen molar-refractivity contribution < 1.29 is 0 Å². The van der Waals surface area contributed by atoms with E-state index in [1.165, 1.54) is 32.1 Å². The Morgan fingerprint density at radius 3 is 1.42 bits per heavy atom. The third-order valence-corrected chi connectivity index (χ3v) is 9.22. The molecule has 0 nitrogen and oxygen atoms in total. The first kappa shape index (κ1) is 29.0. The SMILES string of the molecule is CC(C)(C)C1Cc2ccccc2CC1C(C)(C)C.CC(C)(C)c1cccc2c1CCC(C(C)(C)C)C2. The van der Waals surface area contributed by atoms with Crippen molar-refractivity contribution in [3.05, 3.63) is 70.3 Å². The molecule has 2 aliphatic rings. The zero-order valence-corrected chi connectivity index (χ0v) is 25.8. The van der Waals surface area contributed by atoms with Gasteiger partial charge in [-0.05, 0) is 99.3 Å². The fourth-order valence-electron chi connectivity index (χ4n) is 6.78. The summed E-state index contributed by atoms with van der Waals surface area (Å²) in [4.78, 5) is 0. The van der Waals surface area contributed by atoms with Crippen molar-refractivity contribution in [2.75, 3.05) is 0 Å². The van der Waals surface area contributed by atoms with Gasteiger partial charge in [-0.25, -0.2) is 0 Å². The van der Waals surface area contributed by atoms with Crippen LogP contribution in [0.5, 0.6) is 0 Å². The van der Waals surface area contributed by atoms with Crippen LogP contribution in [0.15, 0.2) is 42.5 Å². The molecule has 0 spiro atoms. The van der Waals surface area contributed by atoms with Gasteiger partial charge < -0.3 is 0 Å². The highest BCUT2D eigenvalue weighted by Crippen LogP contribution is 2.48. The lowest BCUT2D eigenvalue weighted by atomic mass is 9.58. The van der Waals surface area contributed by atoms with Gasteiger partial charge in [0.1, 0.15) is 0 Å². The molecule has 0 heteroatoms. The van der Waals surface area contributed by atoms with E-state index in [2.05, 4.69) is 126 Å². The molecule has 0 fully saturated rings. The van der Waals surface area contributed by atoms with Crippen LogP contribution < -0.4 is 0 Å². The average Bonchev–Trinajstić information content (AvgIpc) is 2.75. The Morgan fingerprint density at radius 1 is 0.528 bits per heavy atom. The van der Waals surface area contributed by atoms with Crippen LogP contribution in [0.1, 0.15) is 117 Å². The van der Waals surface area contributed by atoms with Gasteiger partial charge >= 0.3 is 0 Å². The Morgan fingerprint density at radius 2 is 1.00 bits per heavy atom. The van der Waals surface area contributed by atoms with Gasteiger partial charge in [0, 0.05) is 0 Å². The molecule has 36 heavy (non-hydrogen) atoms. The average molecular weight is 489 g/mol. The van der Waals surface area contributed by atoms with Gasteiger partial charge in [0.2, 0.25) is 0 Å². The van der Waals surface area contributed by atoms with Crippen LogP contribution in [-0.2, 0) is 31.1 Å². The number of rotatable bonds is 0. The fraction of sp³-hybridized carbons (Fsp3) is 0.667. The maximum atomic E-state index is 2.41. The molecule has 2 aromatic rings. The Kier molecular flexibility index (Phi) is 8.30. The van der Waals surface area contributed by atoms with Crippen molar-refractivity contribution in [1.82, 2.24) is 0 Å². The van der Waals surface area contributed by atoms with E-state index in [0.717, 1.165) is 17.8 Å². The van der Waals surface area contributed by atoms with E-state index >= 15 is 0 Å². The van der Waals surface area contributed by atoms with Gasteiger partial charge in [-0.3, -0.25) is 0 Å². The van der Waals surface area contributed by atoms with E-state index < -0.39 is 0 Å². The van der Waals surface area contributed by atoms with Crippen LogP contribution in [0.3, 0.4) is 0 Å². The quantitative estimate of drug-likeness (QED) is 0.346. The van der Waals surface area contributed by atoms with E-state index in [-0.39, 0.29) is 5.41 Å². The highest BCUT2D eigenvalue weighted by atomic mass is 14.5. The van der Waals surface area contributed by atoms with E-state index in [1.54, 1.807) is 27.8 Å². The summed E-state index contributed by atoms with van der Waals surface area (Å²) in [7, 11) is 0. The number of fused-ring (bicyclic) bond motifs is 2. The van der Waals surface area contributed by atoms with Gasteiger partial charge in [0.05, 0.1) is 0 Å². The maximum Gasteiger partial charge on any atom is -0.0129 e. The predicted molar refractivity (Wildman–Crippen MR) is 160 cm³/mol. The zero-order chi connectivity index (χ0) is 27.1. The third kappa shape index (κ3) is 6.85. The summed E-state index contributed by atoms with van der Waals surface area (Å²) in [6.07, 6.45) is 6.39. The number of hydrogen-bond donors (Lipinski definition) is 0. The number of hydrogen-bond acceptors (Lipinski definition) is 0. The molecule has 0 bridgehead atoms. The molecule has 0 amide bonds. The molecule has 0 aliphatic heterocycles. The van der Waals surface area contributed by atoms with Gasteiger partial charge in [0.15, 0.2) is 0 Å². The van der Waals surface area contributed by atoms with Crippen LogP contribution in [0, 0.1) is 34.0 Å². The van der Waals surface area contributed by atoms with Crippen LogP contribution in [-0.4, -0.2) is 0 Å². The van der Waals surface area contributed by atoms with Crippen molar-refractivity contribution in [3.63, 3.8) is 0 Å². The first-order chi connectivity index (χ1) is 16.4. The summed E-state index contributed by atoms with van der Waals surface area (Å²) in [5.74, 6) is 2.40. The van der Waals surface area contributed by atoms with Crippen LogP contribution in [0.25, 0.3) is 0 Å². The van der Waals surface area contributed by atoms with Crippen LogP contribution >= 0.6 is 0 Å². The fourth-order valence-corrected chi connectivity index (χ4v) is 6.78. The lowest BCUT2D eigenvalue weighted by Crippen LogP contribution is -2.41. The van der Waals surface area contributed by atoms with E-state index in [0.29, 0.717) is 16.2 Å². The van der Waals surface area contributed by atoms with Crippen molar-refractivity contribution in [2.24, 2.45) is 34.0 Å². The lowest BCUT2D eigenvalue weighted by molar-refractivity contribution is 0.0626. The zero-order valence-electron chi connectivity index (χ0n) is 25.8. The Hall–Kier alpha value is -1.56. The van der Waals surface area contributed by atoms with Crippen molar-refractivity contribution in [2.45, 2.75) is 121 Å². The molecule has 0 aromatic heterocycles. The monoisotopic (exact) mass is 488 g/mol. The molecule has 3 unspecified atom stereocenters. The predicted octanol–water partition coefficient (Wildman–Crippen LogP) is 10.2. The molecule has 3 atom stereocenters. The topological polar surface area (TPSA) is 0 Å². The summed E-state index contributed by atoms with van der Waals surface area (Å²) in [5.41, 5.74) is 9.48. The van der Waals surface area contributed by atoms with Crippen LogP contribution in [0.2, 0.25) is 0 Å². The highest BCUT2D eigenvalue weighted by Gasteiger charge is 2.41. The molecular weight excluding hydrogens is 432 g/mol. The standard InChI is InChI=1S/2C18H28/c1-17(2,3)14-10-11-15-13(12-14)8-7-9-16(15)18(4,5)6;1-17(2,3)15-11-13-9-7-8-10-14(13)12-16(15)18(4,5)6/h7-9,14H,10-12H2,1-6H3;7-10,15-16H,11-12H2,1-6H3. The second-order valence-electron chi connectivity index (χ2n) is 16.1. The third-order valence-electron chi connectivity index (χ3n) is 9.22. The molecule has 2 aliphatic carbocycles. The maximum absolute atomic E-state index is 2.41. The van der Waals surface area contributed by atoms with Gasteiger partial charge in [-0.2, -0.15) is 0 Å². The molecule has 0 N–H and O–H groups in total. The van der Waals surface area contributed by atoms with E-state index in [1.807, 2.05) is 0 Å². The van der Waals surface area contributed by atoms with Gasteiger partial charge in [-0.1, -0.05) is 126 Å². The van der Waals surface area contributed by atoms with Crippen molar-refractivity contribution in [1.29, 1.82) is 0 Å². The Bertz CT molecular complexity index is 969. The smallest absolute Gasteiger partial charge is 0.0129 e. The number of benzene rings is 2. The minimum absolute atomic E-state index is 0.278. The summed E-state index contributed by atoms with van der Waals surface area (Å²) >= 11 is 0. The highest BCUT2D eigenvalue weighted by molar-refractivity contribution is 5.41. The first-order valence-electron chi connectivity index (χ1n) is 14.6. The largest absolute Gasteiger partial charge is 0.0620 e. The Labute approximate surface area is 224 Å². The molecule has 4 rings (SSSR count). The molecule has 200 valence electrons. The molecule has 0 radical (unpaired) electrons. The summed E-state index contributed by atoms with van der Waals surface area (Å²) < 4.78 is 0. The van der Waals surface area contributed by atoms with Crippen LogP contribution in [0.4, 0.5) is 0 Å². The molecular formula is C36H56. The molecule has 0 saturated carbocycles. The second-order valence-corrected chi connectivity index (χ2v) is 16.1. The second kappa shape index (κ2) is 10.3.